The highest BCUT2D eigenvalue weighted by Crippen LogP contribution is 2.44. The number of rotatable bonds is 2. The van der Waals surface area contributed by atoms with Gasteiger partial charge in [0.15, 0.2) is 0 Å². The summed E-state index contributed by atoms with van der Waals surface area (Å²) in [6.07, 6.45) is 4.91. The van der Waals surface area contributed by atoms with Crippen LogP contribution in [0.4, 0.5) is 0 Å². The molecule has 0 spiro atoms. The number of hydrogen-bond acceptors (Lipinski definition) is 5. The molecule has 1 saturated heterocycles. The monoisotopic (exact) mass is 276 g/mol. The Hall–Kier alpha value is -1.11. The highest BCUT2D eigenvalue weighted by Gasteiger charge is 2.55. The van der Waals surface area contributed by atoms with E-state index in [1.807, 2.05) is 27.7 Å². The van der Waals surface area contributed by atoms with Crippen LogP contribution in [0.1, 0.15) is 46.1 Å². The van der Waals surface area contributed by atoms with Crippen molar-refractivity contribution in [3.8, 4) is 5.75 Å². The fourth-order valence-corrected chi connectivity index (χ4v) is 2.47. The summed E-state index contributed by atoms with van der Waals surface area (Å²) in [5, 5.41) is 10.2. The Kier molecular flexibility index (Phi) is 2.75. The van der Waals surface area contributed by atoms with E-state index in [0.29, 0.717) is 5.46 Å². The molecule has 0 radical (unpaired) electrons. The van der Waals surface area contributed by atoms with E-state index in [2.05, 4.69) is 4.98 Å². The molecule has 0 amide bonds. The van der Waals surface area contributed by atoms with Crippen molar-refractivity contribution in [3.05, 3.63) is 18.0 Å². The molecule has 3 rings (SSSR count). The molecule has 1 aromatic rings. The van der Waals surface area contributed by atoms with Gasteiger partial charge in [0.25, 0.3) is 0 Å². The second-order valence-corrected chi connectivity index (χ2v) is 6.86. The van der Waals surface area contributed by atoms with Crippen LogP contribution in [0.25, 0.3) is 0 Å². The highest BCUT2D eigenvalue weighted by molar-refractivity contribution is 6.63. The first-order chi connectivity index (χ1) is 9.16. The first-order valence-corrected chi connectivity index (χ1v) is 6.98. The molecule has 1 saturated carbocycles. The Labute approximate surface area is 119 Å². The third-order valence-corrected chi connectivity index (χ3v) is 4.78. The van der Waals surface area contributed by atoms with Crippen LogP contribution in [0.2, 0.25) is 0 Å². The Morgan fingerprint density at radius 3 is 2.20 bits per heavy atom. The molecule has 0 aromatic carbocycles. The smallest absolute Gasteiger partial charge is 0.499 e. The summed E-state index contributed by atoms with van der Waals surface area (Å²) in [5.74, 6) is 0.0812. The first kappa shape index (κ1) is 13.9. The maximum Gasteiger partial charge on any atom is 0.499 e. The lowest BCUT2D eigenvalue weighted by Gasteiger charge is -2.32. The van der Waals surface area contributed by atoms with Crippen molar-refractivity contribution in [3.63, 3.8) is 0 Å². The fourth-order valence-electron chi connectivity index (χ4n) is 2.47. The maximum atomic E-state index is 10.2. The van der Waals surface area contributed by atoms with Gasteiger partial charge in [-0.15, -0.1) is 0 Å². The molecule has 0 bridgehead atoms. The fraction of sp³-hybridized carbons (Fsp3) is 0.643. The molecule has 2 aliphatic rings. The molecule has 108 valence electrons. The molecule has 2 heterocycles. The molecule has 3 N–H and O–H groups in total. The van der Waals surface area contributed by atoms with Crippen LogP contribution in [-0.4, -0.2) is 28.4 Å². The maximum absolute atomic E-state index is 10.2. The van der Waals surface area contributed by atoms with Crippen LogP contribution < -0.4 is 11.2 Å². The number of pyridine rings is 1. The molecule has 1 aromatic heterocycles. The molecule has 0 unspecified atom stereocenters. The zero-order valence-corrected chi connectivity index (χ0v) is 12.4. The predicted molar refractivity (Wildman–Crippen MR) is 76.7 cm³/mol. The van der Waals surface area contributed by atoms with Crippen molar-refractivity contribution in [2.75, 3.05) is 0 Å². The lowest BCUT2D eigenvalue weighted by molar-refractivity contribution is 0.00578. The number of aromatic hydroxyl groups is 1. The van der Waals surface area contributed by atoms with Gasteiger partial charge >= 0.3 is 7.12 Å². The highest BCUT2D eigenvalue weighted by atomic mass is 16.7. The summed E-state index contributed by atoms with van der Waals surface area (Å²) in [4.78, 5) is 4.05. The summed E-state index contributed by atoms with van der Waals surface area (Å²) in [6, 6.07) is 0. The van der Waals surface area contributed by atoms with Crippen LogP contribution in [0, 0.1) is 0 Å². The van der Waals surface area contributed by atoms with Crippen LogP contribution in [0.5, 0.6) is 5.75 Å². The second-order valence-electron chi connectivity index (χ2n) is 6.86. The van der Waals surface area contributed by atoms with Crippen molar-refractivity contribution < 1.29 is 14.4 Å². The predicted octanol–water partition coefficient (Wildman–Crippen LogP) is 1.03. The third kappa shape index (κ3) is 1.94. The van der Waals surface area contributed by atoms with Crippen molar-refractivity contribution in [2.45, 2.75) is 57.3 Å². The number of aromatic nitrogens is 1. The van der Waals surface area contributed by atoms with Crippen molar-refractivity contribution in [2.24, 2.45) is 5.73 Å². The largest absolute Gasteiger partial charge is 0.507 e. The third-order valence-electron chi connectivity index (χ3n) is 4.78. The minimum absolute atomic E-state index is 0.0812. The summed E-state index contributed by atoms with van der Waals surface area (Å²) in [5.41, 5.74) is 6.44. The van der Waals surface area contributed by atoms with E-state index in [4.69, 9.17) is 15.0 Å². The standard InChI is InChI=1S/C14H21BN2O3/c1-12(2)13(3,4)20-15(19-12)11-9(14(16)5-6-14)7-17-8-10(11)18/h7-8,18H,5-6,16H2,1-4H3. The van der Waals surface area contributed by atoms with E-state index in [1.165, 1.54) is 6.20 Å². The topological polar surface area (TPSA) is 77.6 Å². The van der Waals surface area contributed by atoms with Gasteiger partial charge in [-0.25, -0.2) is 0 Å². The molecule has 0 atom stereocenters. The molecule has 1 aliphatic carbocycles. The average molecular weight is 276 g/mol. The quantitative estimate of drug-likeness (QED) is 0.789. The van der Waals surface area contributed by atoms with Gasteiger partial charge < -0.3 is 20.1 Å². The lowest BCUT2D eigenvalue weighted by atomic mass is 9.74. The number of nitrogens with two attached hydrogens (primary N) is 1. The SMILES string of the molecule is CC1(C)OB(c2c(O)cncc2C2(N)CC2)OC1(C)C. The van der Waals surface area contributed by atoms with Crippen LogP contribution in [0.3, 0.4) is 0 Å². The van der Waals surface area contributed by atoms with Gasteiger partial charge in [0.05, 0.1) is 17.4 Å². The van der Waals surface area contributed by atoms with E-state index in [9.17, 15) is 5.11 Å². The normalized spacial score (nSPS) is 25.8. The number of hydrogen-bond donors (Lipinski definition) is 2. The van der Waals surface area contributed by atoms with Gasteiger partial charge in [-0.05, 0) is 46.1 Å². The Bertz CT molecular complexity index is 539. The van der Waals surface area contributed by atoms with Crippen LogP contribution in [-0.2, 0) is 14.8 Å². The van der Waals surface area contributed by atoms with Gasteiger partial charge in [-0.1, -0.05) is 0 Å². The van der Waals surface area contributed by atoms with Crippen molar-refractivity contribution in [1.82, 2.24) is 4.98 Å². The van der Waals surface area contributed by atoms with Gasteiger partial charge in [-0.3, -0.25) is 4.98 Å². The average Bonchev–Trinajstić information content (AvgIpc) is 3.01. The second kappa shape index (κ2) is 3.96. The van der Waals surface area contributed by atoms with Gasteiger partial charge in [0.2, 0.25) is 0 Å². The zero-order chi connectivity index (χ0) is 14.8. The summed E-state index contributed by atoms with van der Waals surface area (Å²) >= 11 is 0. The minimum atomic E-state index is -0.612. The summed E-state index contributed by atoms with van der Waals surface area (Å²) in [6.45, 7) is 7.95. The Morgan fingerprint density at radius 2 is 1.70 bits per heavy atom. The van der Waals surface area contributed by atoms with Gasteiger partial charge in [0, 0.05) is 17.2 Å². The van der Waals surface area contributed by atoms with E-state index in [1.54, 1.807) is 6.20 Å². The van der Waals surface area contributed by atoms with E-state index in [-0.39, 0.29) is 5.75 Å². The van der Waals surface area contributed by atoms with Crippen molar-refractivity contribution in [1.29, 1.82) is 0 Å². The van der Waals surface area contributed by atoms with Crippen molar-refractivity contribution >= 4 is 12.6 Å². The van der Waals surface area contributed by atoms with E-state index >= 15 is 0 Å². The summed E-state index contributed by atoms with van der Waals surface area (Å²) < 4.78 is 12.1. The van der Waals surface area contributed by atoms with E-state index < -0.39 is 23.9 Å². The van der Waals surface area contributed by atoms with Crippen LogP contribution in [0.15, 0.2) is 12.4 Å². The molecule has 1 aliphatic heterocycles. The molecule has 5 nitrogen and oxygen atoms in total. The summed E-state index contributed by atoms with van der Waals surface area (Å²) in [7, 11) is -0.612. The van der Waals surface area contributed by atoms with Gasteiger partial charge in [0.1, 0.15) is 5.75 Å². The minimum Gasteiger partial charge on any atom is -0.507 e. The molecule has 20 heavy (non-hydrogen) atoms. The first-order valence-electron chi connectivity index (χ1n) is 6.98. The number of nitrogens with zero attached hydrogens (tertiary/aromatic N) is 1. The Morgan fingerprint density at radius 1 is 1.15 bits per heavy atom. The lowest BCUT2D eigenvalue weighted by Crippen LogP contribution is -2.41. The van der Waals surface area contributed by atoms with Crippen LogP contribution >= 0.6 is 0 Å². The molecule has 2 fully saturated rings. The molecular formula is C14H21BN2O3. The Balaban J connectivity index is 2.04. The zero-order valence-electron chi connectivity index (χ0n) is 12.4. The van der Waals surface area contributed by atoms with E-state index in [0.717, 1.165) is 18.4 Å². The molecule has 6 heteroatoms. The molecular weight excluding hydrogens is 255 g/mol. The van der Waals surface area contributed by atoms with Gasteiger partial charge in [-0.2, -0.15) is 0 Å².